The van der Waals surface area contributed by atoms with Crippen molar-refractivity contribution in [2.45, 2.75) is 11.3 Å². The molecule has 11 nitrogen and oxygen atoms in total. The Morgan fingerprint density at radius 2 is 1.50 bits per heavy atom. The molecule has 1 fully saturated rings. The van der Waals surface area contributed by atoms with Crippen molar-refractivity contribution >= 4 is 38.9 Å². The molecule has 0 aromatic heterocycles. The van der Waals surface area contributed by atoms with E-state index in [1.807, 2.05) is 30.3 Å². The average molecular weight is 538 g/mol. The van der Waals surface area contributed by atoms with E-state index in [4.69, 9.17) is 0 Å². The molecule has 0 radical (unpaired) electrons. The summed E-state index contributed by atoms with van der Waals surface area (Å²) < 4.78 is 27.1. The zero-order valence-corrected chi connectivity index (χ0v) is 21.3. The summed E-state index contributed by atoms with van der Waals surface area (Å²) in [7, 11) is -3.95. The first-order valence-electron chi connectivity index (χ1n) is 12.0. The zero-order valence-electron chi connectivity index (χ0n) is 20.4. The van der Waals surface area contributed by atoms with Crippen LogP contribution in [0.2, 0.25) is 0 Å². The molecule has 0 spiro atoms. The maximum Gasteiger partial charge on any atom is 0.269 e. The molecule has 2 N–H and O–H groups in total. The summed E-state index contributed by atoms with van der Waals surface area (Å²) in [6.45, 7) is 2.28. The second-order valence-corrected chi connectivity index (χ2v) is 10.4. The molecule has 198 valence electrons. The van der Waals surface area contributed by atoms with Crippen molar-refractivity contribution in [3.63, 3.8) is 0 Å². The van der Waals surface area contributed by atoms with E-state index in [0.29, 0.717) is 37.4 Å². The van der Waals surface area contributed by atoms with Crippen molar-refractivity contribution in [1.29, 1.82) is 0 Å². The van der Waals surface area contributed by atoms with Gasteiger partial charge in [0.1, 0.15) is 0 Å². The smallest absolute Gasteiger partial charge is 0.269 e. The van der Waals surface area contributed by atoms with Crippen LogP contribution in [0.15, 0.2) is 83.8 Å². The quantitative estimate of drug-likeness (QED) is 0.316. The lowest BCUT2D eigenvalue weighted by Crippen LogP contribution is -2.48. The number of piperazine rings is 1. The molecule has 4 rings (SSSR count). The van der Waals surface area contributed by atoms with Crippen molar-refractivity contribution in [3.05, 3.63) is 94.5 Å². The number of hydrogen-bond acceptors (Lipinski definition) is 7. The van der Waals surface area contributed by atoms with Crippen LogP contribution in [0.5, 0.6) is 0 Å². The van der Waals surface area contributed by atoms with Crippen molar-refractivity contribution in [2.24, 2.45) is 0 Å². The number of nitrogens with one attached hydrogen (secondary N) is 2. The number of hydrogen-bond donors (Lipinski definition) is 2. The van der Waals surface area contributed by atoms with Crippen LogP contribution in [-0.4, -0.2) is 62.8 Å². The first-order valence-corrected chi connectivity index (χ1v) is 13.5. The molecule has 0 aliphatic carbocycles. The van der Waals surface area contributed by atoms with Gasteiger partial charge in [-0.05, 0) is 36.4 Å². The number of para-hydroxylation sites is 2. The van der Waals surface area contributed by atoms with Crippen LogP contribution in [0, 0.1) is 10.1 Å². The first-order chi connectivity index (χ1) is 18.2. The number of nitro benzene ring substituents is 1. The molecule has 1 aliphatic heterocycles. The van der Waals surface area contributed by atoms with Gasteiger partial charge in [-0.15, -0.1) is 0 Å². The van der Waals surface area contributed by atoms with Crippen molar-refractivity contribution in [3.8, 4) is 0 Å². The van der Waals surface area contributed by atoms with Crippen LogP contribution in [0.3, 0.4) is 0 Å². The number of non-ortho nitro benzene ring substituents is 1. The van der Waals surface area contributed by atoms with Gasteiger partial charge in [-0.3, -0.25) is 19.7 Å². The Bertz CT molecular complexity index is 1410. The fourth-order valence-corrected chi connectivity index (χ4v) is 5.13. The number of carbonyl (C=O) groups excluding carboxylic acids is 2. The molecule has 0 atom stereocenters. The van der Waals surface area contributed by atoms with E-state index in [2.05, 4.69) is 14.9 Å². The number of benzene rings is 3. The maximum absolute atomic E-state index is 13.2. The third-order valence-corrected chi connectivity index (χ3v) is 7.60. The minimum Gasteiger partial charge on any atom is -0.368 e. The Morgan fingerprint density at radius 3 is 2.16 bits per heavy atom. The summed E-state index contributed by atoms with van der Waals surface area (Å²) in [4.78, 5) is 39.7. The van der Waals surface area contributed by atoms with Gasteiger partial charge in [-0.2, -0.15) is 0 Å². The van der Waals surface area contributed by atoms with Crippen LogP contribution < -0.4 is 14.9 Å². The Labute approximate surface area is 220 Å². The molecule has 1 heterocycles. The molecule has 0 bridgehead atoms. The molecule has 2 amide bonds. The first kappa shape index (κ1) is 26.8. The summed E-state index contributed by atoms with van der Waals surface area (Å²) in [5.74, 6) is -0.655. The SMILES string of the molecule is O=C(CCNS(=O)(=O)c1ccc([N+](=O)[O-])cc1)Nc1ccccc1C(=O)N1CCN(c2ccccc2)CC1. The highest BCUT2D eigenvalue weighted by Crippen LogP contribution is 2.21. The molecule has 1 aliphatic rings. The fourth-order valence-electron chi connectivity index (χ4n) is 4.10. The van der Waals surface area contributed by atoms with Crippen molar-refractivity contribution < 1.29 is 22.9 Å². The van der Waals surface area contributed by atoms with Gasteiger partial charge in [-0.1, -0.05) is 30.3 Å². The Balaban J connectivity index is 1.31. The second kappa shape index (κ2) is 11.8. The highest BCUT2D eigenvalue weighted by atomic mass is 32.2. The Hall–Kier alpha value is -4.29. The predicted octanol–water partition coefficient (Wildman–Crippen LogP) is 2.86. The molecule has 3 aromatic carbocycles. The van der Waals surface area contributed by atoms with E-state index in [1.165, 1.54) is 0 Å². The van der Waals surface area contributed by atoms with Gasteiger partial charge in [0, 0.05) is 57.0 Å². The topological polar surface area (TPSA) is 142 Å². The number of nitro groups is 1. The Morgan fingerprint density at radius 1 is 0.868 bits per heavy atom. The number of rotatable bonds is 9. The minimum absolute atomic E-state index is 0.146. The van der Waals surface area contributed by atoms with Gasteiger partial charge in [-0.25, -0.2) is 13.1 Å². The zero-order chi connectivity index (χ0) is 27.1. The van der Waals surface area contributed by atoms with Gasteiger partial charge in [0.05, 0.1) is 21.1 Å². The van der Waals surface area contributed by atoms with Gasteiger partial charge in [0.25, 0.3) is 11.6 Å². The third-order valence-electron chi connectivity index (χ3n) is 6.12. The summed E-state index contributed by atoms with van der Waals surface area (Å²) >= 11 is 0. The van der Waals surface area contributed by atoms with Crippen molar-refractivity contribution in [1.82, 2.24) is 9.62 Å². The third kappa shape index (κ3) is 6.52. The van der Waals surface area contributed by atoms with Crippen molar-refractivity contribution in [2.75, 3.05) is 42.9 Å². The molecule has 0 unspecified atom stereocenters. The van der Waals surface area contributed by atoms with E-state index in [-0.39, 0.29) is 29.5 Å². The van der Waals surface area contributed by atoms with Gasteiger partial charge in [0.2, 0.25) is 15.9 Å². The molecular formula is C26H27N5O6S. The van der Waals surface area contributed by atoms with Gasteiger partial charge >= 0.3 is 0 Å². The summed E-state index contributed by atoms with van der Waals surface area (Å²) in [5, 5.41) is 13.5. The molecular weight excluding hydrogens is 510 g/mol. The largest absolute Gasteiger partial charge is 0.368 e. The Kier molecular flexibility index (Phi) is 8.34. The number of anilines is 2. The van der Waals surface area contributed by atoms with E-state index >= 15 is 0 Å². The van der Waals surface area contributed by atoms with Gasteiger partial charge in [0.15, 0.2) is 0 Å². The lowest BCUT2D eigenvalue weighted by atomic mass is 10.1. The minimum atomic E-state index is -3.95. The lowest BCUT2D eigenvalue weighted by molar-refractivity contribution is -0.384. The second-order valence-electron chi connectivity index (χ2n) is 8.61. The van der Waals surface area contributed by atoms with E-state index < -0.39 is 20.9 Å². The molecule has 0 saturated carbocycles. The van der Waals surface area contributed by atoms with Crippen LogP contribution in [0.4, 0.5) is 17.1 Å². The van der Waals surface area contributed by atoms with Crippen LogP contribution in [-0.2, 0) is 14.8 Å². The number of amides is 2. The monoisotopic (exact) mass is 537 g/mol. The molecule has 3 aromatic rings. The van der Waals surface area contributed by atoms with Crippen LogP contribution in [0.1, 0.15) is 16.8 Å². The van der Waals surface area contributed by atoms with Gasteiger partial charge < -0.3 is 15.1 Å². The van der Waals surface area contributed by atoms with Crippen LogP contribution in [0.25, 0.3) is 0 Å². The number of carbonyl (C=O) groups is 2. The van der Waals surface area contributed by atoms with E-state index in [9.17, 15) is 28.1 Å². The predicted molar refractivity (Wildman–Crippen MR) is 143 cm³/mol. The molecule has 1 saturated heterocycles. The van der Waals surface area contributed by atoms with E-state index in [0.717, 1.165) is 30.0 Å². The summed E-state index contributed by atoms with van der Waals surface area (Å²) in [6, 6.07) is 21.1. The maximum atomic E-state index is 13.2. The normalized spacial score (nSPS) is 13.7. The average Bonchev–Trinajstić information content (AvgIpc) is 2.93. The van der Waals surface area contributed by atoms with E-state index in [1.54, 1.807) is 29.2 Å². The van der Waals surface area contributed by atoms with Crippen LogP contribution >= 0.6 is 0 Å². The number of nitrogens with zero attached hydrogens (tertiary/aromatic N) is 3. The highest BCUT2D eigenvalue weighted by Gasteiger charge is 2.24. The summed E-state index contributed by atoms with van der Waals surface area (Å²) in [6.07, 6.45) is -0.176. The number of sulfonamides is 1. The summed E-state index contributed by atoms with van der Waals surface area (Å²) in [5.41, 5.74) is 1.60. The lowest BCUT2D eigenvalue weighted by Gasteiger charge is -2.36. The highest BCUT2D eigenvalue weighted by molar-refractivity contribution is 7.89. The molecule has 12 heteroatoms. The molecule has 38 heavy (non-hydrogen) atoms. The fraction of sp³-hybridized carbons (Fsp3) is 0.231. The standard InChI is InChI=1S/C26H27N5O6S/c32-25(14-15-27-38(36,37)22-12-10-21(11-13-22)31(34)35)28-24-9-5-4-8-23(24)26(33)30-18-16-29(17-19-30)20-6-2-1-3-7-20/h1-13,27H,14-19H2,(H,28,32).